The summed E-state index contributed by atoms with van der Waals surface area (Å²) in [4.78, 5) is 25.8. The van der Waals surface area contributed by atoms with E-state index in [9.17, 15) is 9.59 Å². The first kappa shape index (κ1) is 22.2. The fourth-order valence-corrected chi connectivity index (χ4v) is 3.61. The average Bonchev–Trinajstić information content (AvgIpc) is 3.21. The second-order valence-corrected chi connectivity index (χ2v) is 7.52. The topological polar surface area (TPSA) is 89.8 Å². The Bertz CT molecular complexity index is 1310. The van der Waals surface area contributed by atoms with Gasteiger partial charge in [-0.25, -0.2) is 0 Å². The molecule has 8 heteroatoms. The standard InChI is InChI=1S/C25H21ClN2O5/c1-31-17-10-8-16(9-11-17)28-25(30)24-23(18-5-3-4-6-21(18)33-24)27-14-20(29)15-7-12-22(32-2)19(26)13-15/h3-13,27H,14H2,1-2H3,(H,28,30). The van der Waals surface area contributed by atoms with Crippen molar-refractivity contribution in [2.24, 2.45) is 0 Å². The molecule has 0 aliphatic heterocycles. The zero-order valence-electron chi connectivity index (χ0n) is 18.0. The summed E-state index contributed by atoms with van der Waals surface area (Å²) < 4.78 is 16.1. The summed E-state index contributed by atoms with van der Waals surface area (Å²) in [5, 5.41) is 6.91. The summed E-state index contributed by atoms with van der Waals surface area (Å²) in [5.41, 5.74) is 1.96. The Balaban J connectivity index is 1.57. The first-order valence-electron chi connectivity index (χ1n) is 10.1. The van der Waals surface area contributed by atoms with Crippen LogP contribution in [0, 0.1) is 0 Å². The molecule has 0 radical (unpaired) electrons. The molecule has 0 bridgehead atoms. The van der Waals surface area contributed by atoms with E-state index in [4.69, 9.17) is 25.5 Å². The third-order valence-corrected chi connectivity index (χ3v) is 5.34. The van der Waals surface area contributed by atoms with Crippen LogP contribution in [-0.2, 0) is 0 Å². The fourth-order valence-electron chi connectivity index (χ4n) is 3.35. The van der Waals surface area contributed by atoms with E-state index in [0.29, 0.717) is 44.4 Å². The lowest BCUT2D eigenvalue weighted by Crippen LogP contribution is -2.17. The number of furan rings is 1. The highest BCUT2D eigenvalue weighted by molar-refractivity contribution is 6.32. The van der Waals surface area contributed by atoms with Gasteiger partial charge < -0.3 is 24.5 Å². The summed E-state index contributed by atoms with van der Waals surface area (Å²) in [6, 6.07) is 19.0. The maximum atomic E-state index is 13.0. The largest absolute Gasteiger partial charge is 0.497 e. The predicted molar refractivity (Wildman–Crippen MR) is 128 cm³/mol. The number of hydrogen-bond acceptors (Lipinski definition) is 6. The van der Waals surface area contributed by atoms with E-state index in [2.05, 4.69) is 10.6 Å². The van der Waals surface area contributed by atoms with Crippen LogP contribution in [0.3, 0.4) is 0 Å². The quantitative estimate of drug-likeness (QED) is 0.327. The van der Waals surface area contributed by atoms with Crippen molar-refractivity contribution in [2.75, 3.05) is 31.4 Å². The van der Waals surface area contributed by atoms with E-state index >= 15 is 0 Å². The molecular weight excluding hydrogens is 444 g/mol. The summed E-state index contributed by atoms with van der Waals surface area (Å²) in [6.07, 6.45) is 0. The number of hydrogen-bond donors (Lipinski definition) is 2. The number of ether oxygens (including phenoxy) is 2. The van der Waals surface area contributed by atoms with E-state index in [1.807, 2.05) is 18.2 Å². The van der Waals surface area contributed by atoms with Gasteiger partial charge in [0.15, 0.2) is 5.78 Å². The first-order valence-corrected chi connectivity index (χ1v) is 10.5. The van der Waals surface area contributed by atoms with Gasteiger partial charge in [0.2, 0.25) is 5.76 Å². The van der Waals surface area contributed by atoms with Crippen LogP contribution >= 0.6 is 11.6 Å². The van der Waals surface area contributed by atoms with Crippen molar-refractivity contribution in [2.45, 2.75) is 0 Å². The molecule has 0 saturated heterocycles. The Hall–Kier alpha value is -3.97. The number of benzene rings is 3. The normalized spacial score (nSPS) is 10.6. The number of Topliss-reactive ketones (excluding diaryl/α,β-unsaturated/α-hetero) is 1. The molecule has 7 nitrogen and oxygen atoms in total. The number of anilines is 2. The Morgan fingerprint density at radius 1 is 0.970 bits per heavy atom. The molecule has 33 heavy (non-hydrogen) atoms. The summed E-state index contributed by atoms with van der Waals surface area (Å²) in [6.45, 7) is -0.0605. The van der Waals surface area contributed by atoms with Gasteiger partial charge in [-0.3, -0.25) is 9.59 Å². The monoisotopic (exact) mass is 464 g/mol. The number of carbonyl (C=O) groups excluding carboxylic acids is 2. The number of nitrogens with one attached hydrogen (secondary N) is 2. The molecule has 0 spiro atoms. The van der Waals surface area contributed by atoms with E-state index in [-0.39, 0.29) is 18.1 Å². The van der Waals surface area contributed by atoms with Crippen LogP contribution in [0.2, 0.25) is 5.02 Å². The summed E-state index contributed by atoms with van der Waals surface area (Å²) in [7, 11) is 3.08. The van der Waals surface area contributed by atoms with Crippen LogP contribution < -0.4 is 20.1 Å². The number of rotatable bonds is 8. The second kappa shape index (κ2) is 9.67. The average molecular weight is 465 g/mol. The highest BCUT2D eigenvalue weighted by Gasteiger charge is 2.22. The summed E-state index contributed by atoms with van der Waals surface area (Å²) in [5.74, 6) is 0.591. The molecule has 168 valence electrons. The number of ketones is 1. The molecule has 3 aromatic carbocycles. The molecule has 4 aromatic rings. The van der Waals surface area contributed by atoms with Gasteiger partial charge in [-0.1, -0.05) is 23.7 Å². The molecule has 1 amide bonds. The van der Waals surface area contributed by atoms with Crippen LogP contribution in [0.25, 0.3) is 11.0 Å². The second-order valence-electron chi connectivity index (χ2n) is 7.11. The molecular formula is C25H21ClN2O5. The van der Waals surface area contributed by atoms with Gasteiger partial charge in [-0.2, -0.15) is 0 Å². The third kappa shape index (κ3) is 4.78. The van der Waals surface area contributed by atoms with E-state index in [1.54, 1.807) is 55.6 Å². The van der Waals surface area contributed by atoms with Gasteiger partial charge >= 0.3 is 0 Å². The van der Waals surface area contributed by atoms with Gasteiger partial charge in [0, 0.05) is 16.6 Å². The van der Waals surface area contributed by atoms with Gasteiger partial charge in [0.25, 0.3) is 5.91 Å². The Labute approximate surface area is 195 Å². The number of fused-ring (bicyclic) bond motifs is 1. The molecule has 2 N–H and O–H groups in total. The zero-order valence-corrected chi connectivity index (χ0v) is 18.7. The lowest BCUT2D eigenvalue weighted by atomic mass is 10.1. The highest BCUT2D eigenvalue weighted by Crippen LogP contribution is 2.32. The van der Waals surface area contributed by atoms with Crippen LogP contribution in [0.5, 0.6) is 11.5 Å². The maximum absolute atomic E-state index is 13.0. The van der Waals surface area contributed by atoms with Gasteiger partial charge in [0.1, 0.15) is 17.1 Å². The minimum absolute atomic E-state index is 0.0605. The molecule has 1 heterocycles. The fraction of sp³-hybridized carbons (Fsp3) is 0.120. The third-order valence-electron chi connectivity index (χ3n) is 5.05. The van der Waals surface area contributed by atoms with Crippen LogP contribution in [-0.4, -0.2) is 32.5 Å². The SMILES string of the molecule is COc1ccc(NC(=O)c2oc3ccccc3c2NCC(=O)c2ccc(OC)c(Cl)c2)cc1. The molecule has 0 aliphatic rings. The predicted octanol–water partition coefficient (Wildman–Crippen LogP) is 5.65. The van der Waals surface area contributed by atoms with E-state index < -0.39 is 5.91 Å². The lowest BCUT2D eigenvalue weighted by Gasteiger charge is -2.09. The van der Waals surface area contributed by atoms with Crippen molar-refractivity contribution in [1.82, 2.24) is 0 Å². The molecule has 0 aliphatic carbocycles. The van der Waals surface area contributed by atoms with Gasteiger partial charge in [0.05, 0.1) is 31.5 Å². The molecule has 0 fully saturated rings. The molecule has 0 atom stereocenters. The molecule has 0 saturated carbocycles. The number of methoxy groups -OCH3 is 2. The van der Waals surface area contributed by atoms with Crippen molar-refractivity contribution in [3.05, 3.63) is 83.1 Å². The molecule has 0 unspecified atom stereocenters. The number of halogens is 1. The van der Waals surface area contributed by atoms with E-state index in [1.165, 1.54) is 7.11 Å². The zero-order chi connectivity index (χ0) is 23.4. The van der Waals surface area contributed by atoms with Crippen molar-refractivity contribution in [1.29, 1.82) is 0 Å². The lowest BCUT2D eigenvalue weighted by molar-refractivity contribution is 0.0991. The van der Waals surface area contributed by atoms with Gasteiger partial charge in [-0.05, 0) is 54.6 Å². The highest BCUT2D eigenvalue weighted by atomic mass is 35.5. The molecule has 1 aromatic heterocycles. The Morgan fingerprint density at radius 2 is 1.73 bits per heavy atom. The van der Waals surface area contributed by atoms with Crippen LogP contribution in [0.15, 0.2) is 71.1 Å². The van der Waals surface area contributed by atoms with Crippen molar-refractivity contribution >= 4 is 45.6 Å². The van der Waals surface area contributed by atoms with Crippen molar-refractivity contribution in [3.63, 3.8) is 0 Å². The van der Waals surface area contributed by atoms with Crippen LogP contribution in [0.4, 0.5) is 11.4 Å². The summed E-state index contributed by atoms with van der Waals surface area (Å²) >= 11 is 6.14. The molecule has 4 rings (SSSR count). The number of para-hydroxylation sites is 1. The number of carbonyl (C=O) groups is 2. The minimum atomic E-state index is -0.446. The van der Waals surface area contributed by atoms with Crippen LogP contribution in [0.1, 0.15) is 20.9 Å². The van der Waals surface area contributed by atoms with E-state index in [0.717, 1.165) is 0 Å². The number of amides is 1. The maximum Gasteiger partial charge on any atom is 0.293 e. The first-order chi connectivity index (χ1) is 16.0. The van der Waals surface area contributed by atoms with Crippen molar-refractivity contribution < 1.29 is 23.5 Å². The van der Waals surface area contributed by atoms with Crippen molar-refractivity contribution in [3.8, 4) is 11.5 Å². The Kier molecular flexibility index (Phi) is 6.51. The van der Waals surface area contributed by atoms with Gasteiger partial charge in [-0.15, -0.1) is 0 Å². The Morgan fingerprint density at radius 3 is 2.42 bits per heavy atom. The minimum Gasteiger partial charge on any atom is -0.497 e. The smallest absolute Gasteiger partial charge is 0.293 e.